The average Bonchev–Trinajstić information content (AvgIpc) is 2.63. The monoisotopic (exact) mass is 281 g/mol. The van der Waals surface area contributed by atoms with Gasteiger partial charge >= 0.3 is 0 Å². The van der Waals surface area contributed by atoms with Crippen molar-refractivity contribution in [2.45, 2.75) is 5.09 Å². The summed E-state index contributed by atoms with van der Waals surface area (Å²) in [7, 11) is -7.15. The molecule has 96 valence electrons. The number of hydrogen-bond donors (Lipinski definition) is 1. The van der Waals surface area contributed by atoms with E-state index >= 15 is 0 Å². The fraction of sp³-hybridized carbons (Fsp3) is 0.375. The number of sulfone groups is 1. The van der Waals surface area contributed by atoms with Crippen LogP contribution in [-0.4, -0.2) is 41.7 Å². The highest BCUT2D eigenvalue weighted by atomic mass is 32.2. The van der Waals surface area contributed by atoms with Crippen molar-refractivity contribution in [2.75, 3.05) is 18.6 Å². The van der Waals surface area contributed by atoms with Crippen LogP contribution in [0.15, 0.2) is 21.6 Å². The zero-order chi connectivity index (χ0) is 13.1. The molecule has 1 N–H and O–H groups in total. The molecule has 0 aliphatic heterocycles. The van der Waals surface area contributed by atoms with Gasteiger partial charge in [-0.3, -0.25) is 4.79 Å². The molecule has 1 rings (SSSR count). The molecule has 0 aliphatic carbocycles. The SMILES string of the molecule is CS(=O)(=O)CCNS(=O)(=O)c1ccc(C=O)o1. The van der Waals surface area contributed by atoms with Crippen molar-refractivity contribution < 1.29 is 26.0 Å². The van der Waals surface area contributed by atoms with Crippen molar-refractivity contribution in [2.24, 2.45) is 0 Å². The standard InChI is InChI=1S/C8H11NO6S2/c1-16(11,12)5-4-9-17(13,14)8-3-2-7(6-10)15-8/h2-3,6,9H,4-5H2,1H3. The molecular formula is C8H11NO6S2. The third kappa shape index (κ3) is 4.29. The minimum Gasteiger partial charge on any atom is -0.440 e. The van der Waals surface area contributed by atoms with Gasteiger partial charge in [-0.2, -0.15) is 0 Å². The van der Waals surface area contributed by atoms with Crippen LogP contribution in [-0.2, 0) is 19.9 Å². The van der Waals surface area contributed by atoms with Gasteiger partial charge in [-0.25, -0.2) is 21.6 Å². The largest absolute Gasteiger partial charge is 0.440 e. The second kappa shape index (κ2) is 4.98. The van der Waals surface area contributed by atoms with Gasteiger partial charge in [0.2, 0.25) is 5.09 Å². The number of nitrogens with one attached hydrogen (secondary N) is 1. The summed E-state index contributed by atoms with van der Waals surface area (Å²) in [4.78, 5) is 10.3. The molecule has 0 radical (unpaired) electrons. The van der Waals surface area contributed by atoms with E-state index in [2.05, 4.69) is 4.72 Å². The Labute approximate surface area is 98.8 Å². The van der Waals surface area contributed by atoms with Crippen LogP contribution in [0.25, 0.3) is 0 Å². The Hall–Kier alpha value is -1.19. The van der Waals surface area contributed by atoms with Gasteiger partial charge in [0, 0.05) is 12.8 Å². The molecule has 0 aliphatic rings. The van der Waals surface area contributed by atoms with Gasteiger partial charge in [-0.05, 0) is 12.1 Å². The molecule has 0 fully saturated rings. The lowest BCUT2D eigenvalue weighted by molar-refractivity contribution is 0.109. The minimum atomic E-state index is -3.91. The summed E-state index contributed by atoms with van der Waals surface area (Å²) in [5.74, 6) is -0.429. The first-order valence-electron chi connectivity index (χ1n) is 4.47. The molecule has 0 aromatic carbocycles. The Morgan fingerprint density at radius 1 is 1.29 bits per heavy atom. The maximum atomic E-state index is 11.5. The molecule has 0 unspecified atom stereocenters. The molecule has 1 aromatic rings. The summed E-state index contributed by atoms with van der Waals surface area (Å²) in [6, 6.07) is 2.32. The minimum absolute atomic E-state index is 0.117. The smallest absolute Gasteiger partial charge is 0.274 e. The molecule has 0 atom stereocenters. The summed E-state index contributed by atoms with van der Waals surface area (Å²) in [5, 5.41) is -0.423. The molecule has 0 bridgehead atoms. The second-order valence-electron chi connectivity index (χ2n) is 3.30. The predicted octanol–water partition coefficient (Wildman–Crippen LogP) is -0.585. The highest BCUT2D eigenvalue weighted by molar-refractivity contribution is 7.91. The maximum absolute atomic E-state index is 11.5. The van der Waals surface area contributed by atoms with Gasteiger partial charge in [0.25, 0.3) is 10.0 Å². The van der Waals surface area contributed by atoms with Gasteiger partial charge in [-0.15, -0.1) is 0 Å². The lowest BCUT2D eigenvalue weighted by atomic mass is 10.5. The highest BCUT2D eigenvalue weighted by Gasteiger charge is 2.18. The van der Waals surface area contributed by atoms with E-state index in [1.165, 1.54) is 6.07 Å². The quantitative estimate of drug-likeness (QED) is 0.698. The highest BCUT2D eigenvalue weighted by Crippen LogP contribution is 2.11. The molecule has 0 amide bonds. The summed E-state index contributed by atoms with van der Waals surface area (Å²) in [6.07, 6.45) is 1.37. The first kappa shape index (κ1) is 13.9. The van der Waals surface area contributed by atoms with Gasteiger partial charge < -0.3 is 4.42 Å². The van der Waals surface area contributed by atoms with Gasteiger partial charge in [0.1, 0.15) is 9.84 Å². The molecule has 1 heterocycles. The predicted molar refractivity (Wildman–Crippen MR) is 59.0 cm³/mol. The Morgan fingerprint density at radius 2 is 1.94 bits per heavy atom. The van der Waals surface area contributed by atoms with Crippen LogP contribution in [0, 0.1) is 0 Å². The Bertz CT molecular complexity index is 598. The van der Waals surface area contributed by atoms with Gasteiger partial charge in [-0.1, -0.05) is 0 Å². The van der Waals surface area contributed by atoms with Crippen molar-refractivity contribution in [1.82, 2.24) is 4.72 Å². The second-order valence-corrected chi connectivity index (χ2v) is 7.26. The molecular weight excluding hydrogens is 270 g/mol. The molecule has 0 saturated heterocycles. The van der Waals surface area contributed by atoms with E-state index < -0.39 is 25.0 Å². The third-order valence-electron chi connectivity index (χ3n) is 1.75. The van der Waals surface area contributed by atoms with Crippen LogP contribution in [0.3, 0.4) is 0 Å². The lowest BCUT2D eigenvalue weighted by Gasteiger charge is -2.02. The van der Waals surface area contributed by atoms with Gasteiger partial charge in [0.15, 0.2) is 12.0 Å². The first-order chi connectivity index (χ1) is 7.74. The van der Waals surface area contributed by atoms with Crippen molar-refractivity contribution in [3.63, 3.8) is 0 Å². The molecule has 1 aromatic heterocycles. The number of rotatable bonds is 6. The number of carbonyl (C=O) groups is 1. The molecule has 0 saturated carbocycles. The van der Waals surface area contributed by atoms with E-state index in [1.54, 1.807) is 0 Å². The van der Waals surface area contributed by atoms with Crippen molar-refractivity contribution in [3.8, 4) is 0 Å². The van der Waals surface area contributed by atoms with E-state index in [-0.39, 0.29) is 18.1 Å². The summed E-state index contributed by atoms with van der Waals surface area (Å²) >= 11 is 0. The van der Waals surface area contributed by atoms with Crippen molar-refractivity contribution in [1.29, 1.82) is 0 Å². The van der Waals surface area contributed by atoms with Crippen LogP contribution in [0.1, 0.15) is 10.6 Å². The topological polar surface area (TPSA) is 111 Å². The van der Waals surface area contributed by atoms with E-state index in [1.807, 2.05) is 0 Å². The van der Waals surface area contributed by atoms with Crippen molar-refractivity contribution >= 4 is 26.1 Å². The van der Waals surface area contributed by atoms with Crippen LogP contribution in [0.2, 0.25) is 0 Å². The normalized spacial score (nSPS) is 12.5. The Balaban J connectivity index is 2.72. The zero-order valence-corrected chi connectivity index (χ0v) is 10.5. The van der Waals surface area contributed by atoms with E-state index in [4.69, 9.17) is 4.42 Å². The van der Waals surface area contributed by atoms with Crippen LogP contribution in [0.4, 0.5) is 0 Å². The van der Waals surface area contributed by atoms with E-state index in [0.717, 1.165) is 12.3 Å². The first-order valence-corrected chi connectivity index (χ1v) is 8.01. The number of sulfonamides is 1. The molecule has 7 nitrogen and oxygen atoms in total. The molecule has 0 spiro atoms. The van der Waals surface area contributed by atoms with Crippen LogP contribution < -0.4 is 4.72 Å². The lowest BCUT2D eigenvalue weighted by Crippen LogP contribution is -2.28. The number of furan rings is 1. The third-order valence-corrected chi connectivity index (χ3v) is 4.03. The Morgan fingerprint density at radius 3 is 2.41 bits per heavy atom. The van der Waals surface area contributed by atoms with E-state index in [0.29, 0.717) is 6.29 Å². The maximum Gasteiger partial charge on any atom is 0.274 e. The number of carbonyl (C=O) groups excluding carboxylic acids is 1. The van der Waals surface area contributed by atoms with E-state index in [9.17, 15) is 21.6 Å². The number of hydrogen-bond acceptors (Lipinski definition) is 6. The number of aldehydes is 1. The zero-order valence-electron chi connectivity index (χ0n) is 8.91. The fourth-order valence-electron chi connectivity index (χ4n) is 0.975. The summed E-state index contributed by atoms with van der Waals surface area (Å²) in [6.45, 7) is -0.252. The van der Waals surface area contributed by atoms with Gasteiger partial charge in [0.05, 0.1) is 5.75 Å². The van der Waals surface area contributed by atoms with Crippen molar-refractivity contribution in [3.05, 3.63) is 17.9 Å². The summed E-state index contributed by atoms with van der Waals surface area (Å²) in [5.41, 5.74) is 0. The average molecular weight is 281 g/mol. The van der Waals surface area contributed by atoms with Crippen LogP contribution >= 0.6 is 0 Å². The molecule has 9 heteroatoms. The summed E-state index contributed by atoms with van der Waals surface area (Å²) < 4.78 is 51.4. The fourth-order valence-corrected chi connectivity index (χ4v) is 2.54. The van der Waals surface area contributed by atoms with Crippen LogP contribution in [0.5, 0.6) is 0 Å². The Kier molecular flexibility index (Phi) is 4.07. The molecule has 17 heavy (non-hydrogen) atoms.